The maximum absolute atomic E-state index is 12.9. The van der Waals surface area contributed by atoms with Crippen LogP contribution in [0.2, 0.25) is 0 Å². The molecular weight excluding hydrogens is 366 g/mol. The van der Waals surface area contributed by atoms with Crippen LogP contribution in [0.3, 0.4) is 0 Å². The van der Waals surface area contributed by atoms with Crippen molar-refractivity contribution in [1.82, 2.24) is 5.32 Å². The zero-order valence-electron chi connectivity index (χ0n) is 16.1. The SMILES string of the molecule is CCOc1ccc([C@@H](NC(=O)c2cccc(NC(N)=O)c2)c2ccccc2)cc1. The highest BCUT2D eigenvalue weighted by molar-refractivity contribution is 5.97. The molecule has 0 heterocycles. The number of rotatable bonds is 7. The summed E-state index contributed by atoms with van der Waals surface area (Å²) < 4.78 is 5.51. The van der Waals surface area contributed by atoms with Gasteiger partial charge in [0.2, 0.25) is 0 Å². The van der Waals surface area contributed by atoms with Crippen LogP contribution in [0.4, 0.5) is 10.5 Å². The maximum atomic E-state index is 12.9. The van der Waals surface area contributed by atoms with Gasteiger partial charge >= 0.3 is 6.03 Å². The molecule has 0 saturated heterocycles. The number of benzene rings is 3. The van der Waals surface area contributed by atoms with Crippen molar-refractivity contribution in [1.29, 1.82) is 0 Å². The third-order valence-electron chi connectivity index (χ3n) is 4.33. The van der Waals surface area contributed by atoms with Crippen LogP contribution in [-0.2, 0) is 0 Å². The topological polar surface area (TPSA) is 93.4 Å². The van der Waals surface area contributed by atoms with Gasteiger partial charge in [-0.2, -0.15) is 0 Å². The summed E-state index contributed by atoms with van der Waals surface area (Å²) in [6.07, 6.45) is 0. The molecule has 4 N–H and O–H groups in total. The van der Waals surface area contributed by atoms with Crippen molar-refractivity contribution in [3.63, 3.8) is 0 Å². The normalized spacial score (nSPS) is 11.3. The first kappa shape index (κ1) is 19.9. The predicted molar refractivity (Wildman–Crippen MR) is 113 cm³/mol. The van der Waals surface area contributed by atoms with Crippen molar-refractivity contribution in [2.45, 2.75) is 13.0 Å². The van der Waals surface area contributed by atoms with Crippen LogP contribution >= 0.6 is 0 Å². The van der Waals surface area contributed by atoms with Crippen molar-refractivity contribution in [3.8, 4) is 5.75 Å². The van der Waals surface area contributed by atoms with E-state index in [1.807, 2.05) is 61.5 Å². The van der Waals surface area contributed by atoms with Crippen molar-refractivity contribution in [3.05, 3.63) is 95.6 Å². The van der Waals surface area contributed by atoms with Gasteiger partial charge in [0.05, 0.1) is 12.6 Å². The Kier molecular flexibility index (Phi) is 6.47. The van der Waals surface area contributed by atoms with Gasteiger partial charge in [0.1, 0.15) is 5.75 Å². The lowest BCUT2D eigenvalue weighted by molar-refractivity contribution is 0.0943. The van der Waals surface area contributed by atoms with Gasteiger partial charge < -0.3 is 21.1 Å². The van der Waals surface area contributed by atoms with Crippen LogP contribution < -0.4 is 21.1 Å². The molecule has 3 aromatic rings. The Morgan fingerprint density at radius 1 is 0.931 bits per heavy atom. The molecule has 3 amide bonds. The molecule has 3 aromatic carbocycles. The van der Waals surface area contributed by atoms with Gasteiger partial charge in [0.25, 0.3) is 5.91 Å². The minimum Gasteiger partial charge on any atom is -0.494 e. The number of amides is 3. The highest BCUT2D eigenvalue weighted by Gasteiger charge is 2.18. The molecule has 0 bridgehead atoms. The highest BCUT2D eigenvalue weighted by Crippen LogP contribution is 2.25. The first-order chi connectivity index (χ1) is 14.1. The minimum atomic E-state index is -0.681. The van der Waals surface area contributed by atoms with Gasteiger partial charge in [-0.1, -0.05) is 48.5 Å². The molecule has 29 heavy (non-hydrogen) atoms. The van der Waals surface area contributed by atoms with Crippen molar-refractivity contribution in [2.24, 2.45) is 5.73 Å². The van der Waals surface area contributed by atoms with Gasteiger partial charge in [-0.15, -0.1) is 0 Å². The van der Waals surface area contributed by atoms with E-state index >= 15 is 0 Å². The number of carbonyl (C=O) groups is 2. The Bertz CT molecular complexity index is 972. The summed E-state index contributed by atoms with van der Waals surface area (Å²) in [5.74, 6) is 0.514. The van der Waals surface area contributed by atoms with E-state index in [-0.39, 0.29) is 11.9 Å². The number of carbonyl (C=O) groups excluding carboxylic acids is 2. The van der Waals surface area contributed by atoms with Crippen LogP contribution in [0.1, 0.15) is 34.5 Å². The van der Waals surface area contributed by atoms with Crippen molar-refractivity contribution < 1.29 is 14.3 Å². The fourth-order valence-corrected chi connectivity index (χ4v) is 3.02. The molecule has 6 heteroatoms. The van der Waals surface area contributed by atoms with Gasteiger partial charge in [-0.3, -0.25) is 4.79 Å². The number of nitrogens with two attached hydrogens (primary N) is 1. The molecule has 0 aliphatic heterocycles. The van der Waals surface area contributed by atoms with E-state index < -0.39 is 6.03 Å². The van der Waals surface area contributed by atoms with Gasteiger partial charge in [-0.05, 0) is 48.4 Å². The molecule has 0 aromatic heterocycles. The molecule has 6 nitrogen and oxygen atoms in total. The van der Waals surface area contributed by atoms with E-state index in [0.29, 0.717) is 17.9 Å². The molecule has 0 saturated carbocycles. The van der Waals surface area contributed by atoms with E-state index in [1.54, 1.807) is 24.3 Å². The Morgan fingerprint density at radius 3 is 2.28 bits per heavy atom. The number of anilines is 1. The summed E-state index contributed by atoms with van der Waals surface area (Å²) in [5.41, 5.74) is 7.92. The molecule has 1 atom stereocenters. The fraction of sp³-hybridized carbons (Fsp3) is 0.130. The average Bonchev–Trinajstić information content (AvgIpc) is 2.73. The van der Waals surface area contributed by atoms with Crippen LogP contribution in [0.15, 0.2) is 78.9 Å². The summed E-state index contributed by atoms with van der Waals surface area (Å²) >= 11 is 0. The number of hydrogen-bond donors (Lipinski definition) is 3. The lowest BCUT2D eigenvalue weighted by atomic mass is 9.98. The van der Waals surface area contributed by atoms with Gasteiger partial charge in [-0.25, -0.2) is 4.79 Å². The predicted octanol–water partition coefficient (Wildman–Crippen LogP) is 4.10. The second kappa shape index (κ2) is 9.41. The molecule has 0 aliphatic carbocycles. The summed E-state index contributed by atoms with van der Waals surface area (Å²) in [4.78, 5) is 24.0. The second-order valence-electron chi connectivity index (χ2n) is 6.39. The lowest BCUT2D eigenvalue weighted by Gasteiger charge is -2.20. The summed E-state index contributed by atoms with van der Waals surface area (Å²) in [6, 6.07) is 23.0. The summed E-state index contributed by atoms with van der Waals surface area (Å²) in [6.45, 7) is 2.52. The second-order valence-corrected chi connectivity index (χ2v) is 6.39. The first-order valence-corrected chi connectivity index (χ1v) is 9.32. The number of primary amides is 1. The maximum Gasteiger partial charge on any atom is 0.316 e. The average molecular weight is 389 g/mol. The third-order valence-corrected chi connectivity index (χ3v) is 4.33. The van der Waals surface area contributed by atoms with Crippen molar-refractivity contribution >= 4 is 17.6 Å². The Labute approximate surface area is 169 Å². The zero-order chi connectivity index (χ0) is 20.6. The van der Waals surface area contributed by atoms with E-state index in [2.05, 4.69) is 10.6 Å². The Balaban J connectivity index is 1.87. The van der Waals surface area contributed by atoms with E-state index in [0.717, 1.165) is 16.9 Å². The molecule has 3 rings (SSSR count). The molecule has 0 unspecified atom stereocenters. The van der Waals surface area contributed by atoms with Gasteiger partial charge in [0.15, 0.2) is 0 Å². The number of hydrogen-bond acceptors (Lipinski definition) is 3. The summed E-state index contributed by atoms with van der Waals surface area (Å²) in [5, 5.41) is 5.55. The highest BCUT2D eigenvalue weighted by atomic mass is 16.5. The third kappa shape index (κ3) is 5.35. The number of nitrogens with one attached hydrogen (secondary N) is 2. The molecular formula is C23H23N3O3. The standard InChI is InChI=1S/C23H23N3O3/c1-2-29-20-13-11-17(12-14-20)21(16-7-4-3-5-8-16)26-22(27)18-9-6-10-19(15-18)25-23(24)28/h3-15,21H,2H2,1H3,(H,26,27)(H3,24,25,28)/t21-/m0/s1. The Morgan fingerprint density at radius 2 is 1.62 bits per heavy atom. The van der Waals surface area contributed by atoms with E-state index in [4.69, 9.17) is 10.5 Å². The number of urea groups is 1. The quantitative estimate of drug-likeness (QED) is 0.568. The smallest absolute Gasteiger partial charge is 0.316 e. The zero-order valence-corrected chi connectivity index (χ0v) is 16.1. The molecule has 0 radical (unpaired) electrons. The molecule has 0 fully saturated rings. The largest absolute Gasteiger partial charge is 0.494 e. The van der Waals surface area contributed by atoms with E-state index in [1.165, 1.54) is 0 Å². The van der Waals surface area contributed by atoms with Crippen LogP contribution in [0.5, 0.6) is 5.75 Å². The lowest BCUT2D eigenvalue weighted by Crippen LogP contribution is -2.29. The molecule has 0 aliphatic rings. The minimum absolute atomic E-state index is 0.263. The molecule has 0 spiro atoms. The number of ether oxygens (including phenoxy) is 1. The monoisotopic (exact) mass is 389 g/mol. The van der Waals surface area contributed by atoms with Crippen LogP contribution in [0.25, 0.3) is 0 Å². The summed E-state index contributed by atoms with van der Waals surface area (Å²) in [7, 11) is 0. The van der Waals surface area contributed by atoms with Crippen LogP contribution in [0, 0.1) is 0 Å². The van der Waals surface area contributed by atoms with E-state index in [9.17, 15) is 9.59 Å². The first-order valence-electron chi connectivity index (χ1n) is 9.32. The Hall–Kier alpha value is -3.80. The van der Waals surface area contributed by atoms with Gasteiger partial charge in [0, 0.05) is 11.3 Å². The molecule has 148 valence electrons. The fourth-order valence-electron chi connectivity index (χ4n) is 3.02. The van der Waals surface area contributed by atoms with Crippen molar-refractivity contribution in [2.75, 3.05) is 11.9 Å². The van der Waals surface area contributed by atoms with Crippen LogP contribution in [-0.4, -0.2) is 18.5 Å².